The van der Waals surface area contributed by atoms with Gasteiger partial charge in [0, 0.05) is 19.5 Å². The van der Waals surface area contributed by atoms with Gasteiger partial charge in [0.15, 0.2) is 0 Å². The van der Waals surface area contributed by atoms with Crippen molar-refractivity contribution in [1.29, 1.82) is 0 Å². The molecule has 1 heterocycles. The van der Waals surface area contributed by atoms with E-state index in [1.807, 2.05) is 31.2 Å². The van der Waals surface area contributed by atoms with Crippen molar-refractivity contribution in [1.82, 2.24) is 4.90 Å². The number of amides is 1. The third-order valence-electron chi connectivity index (χ3n) is 3.67. The van der Waals surface area contributed by atoms with E-state index in [0.717, 1.165) is 11.3 Å². The number of rotatable bonds is 4. The third kappa shape index (κ3) is 3.26. The summed E-state index contributed by atoms with van der Waals surface area (Å²) >= 11 is 0. The van der Waals surface area contributed by atoms with Gasteiger partial charge in [0.1, 0.15) is 5.75 Å². The fourth-order valence-corrected chi connectivity index (χ4v) is 2.54. The molecular formula is C15H21NO3. The Bertz CT molecular complexity index is 447. The first-order valence-electron chi connectivity index (χ1n) is 6.70. The molecule has 1 amide bonds. The van der Waals surface area contributed by atoms with E-state index < -0.39 is 0 Å². The molecule has 2 rings (SSSR count). The number of aliphatic hydroxyl groups is 1. The summed E-state index contributed by atoms with van der Waals surface area (Å²) in [5.74, 6) is 1.04. The Hall–Kier alpha value is -1.55. The van der Waals surface area contributed by atoms with Crippen LogP contribution in [0, 0.1) is 0 Å². The largest absolute Gasteiger partial charge is 0.496 e. The average Bonchev–Trinajstić information content (AvgIpc) is 2.85. The van der Waals surface area contributed by atoms with Crippen molar-refractivity contribution in [2.24, 2.45) is 0 Å². The minimum Gasteiger partial charge on any atom is -0.496 e. The predicted octanol–water partition coefficient (Wildman–Crippen LogP) is 1.78. The number of hydrogen-bond acceptors (Lipinski definition) is 3. The van der Waals surface area contributed by atoms with Crippen LogP contribution in [0.5, 0.6) is 5.75 Å². The maximum atomic E-state index is 12.1. The molecule has 1 fully saturated rings. The maximum absolute atomic E-state index is 12.1. The van der Waals surface area contributed by atoms with Crippen LogP contribution in [0.1, 0.15) is 31.2 Å². The normalized spacial score (nSPS) is 20.4. The van der Waals surface area contributed by atoms with Gasteiger partial charge in [-0.3, -0.25) is 4.79 Å². The van der Waals surface area contributed by atoms with Crippen LogP contribution in [0.2, 0.25) is 0 Å². The van der Waals surface area contributed by atoms with Crippen LogP contribution in [-0.4, -0.2) is 42.2 Å². The molecular weight excluding hydrogens is 242 g/mol. The van der Waals surface area contributed by atoms with E-state index in [9.17, 15) is 9.90 Å². The standard InChI is InChI=1S/C15H21NO3/c1-11(13-5-3-4-6-14(13)19-2)9-15(18)16-8-7-12(17)10-16/h3-6,11-12,17H,7-10H2,1-2H3/t11?,12-/m0/s1. The van der Waals surface area contributed by atoms with Crippen molar-refractivity contribution >= 4 is 5.91 Å². The summed E-state index contributed by atoms with van der Waals surface area (Å²) in [5.41, 5.74) is 1.05. The molecule has 1 unspecified atom stereocenters. The van der Waals surface area contributed by atoms with Crippen LogP contribution in [-0.2, 0) is 4.79 Å². The van der Waals surface area contributed by atoms with Crippen molar-refractivity contribution in [3.8, 4) is 5.75 Å². The molecule has 4 nitrogen and oxygen atoms in total. The molecule has 19 heavy (non-hydrogen) atoms. The molecule has 104 valence electrons. The van der Waals surface area contributed by atoms with Crippen LogP contribution in [0.4, 0.5) is 0 Å². The van der Waals surface area contributed by atoms with E-state index in [4.69, 9.17) is 4.74 Å². The molecule has 0 radical (unpaired) electrons. The zero-order chi connectivity index (χ0) is 13.8. The molecule has 1 aliphatic heterocycles. The highest BCUT2D eigenvalue weighted by atomic mass is 16.5. The fourth-order valence-electron chi connectivity index (χ4n) is 2.54. The van der Waals surface area contributed by atoms with E-state index >= 15 is 0 Å². The summed E-state index contributed by atoms with van der Waals surface area (Å²) in [6.45, 7) is 3.17. The number of ether oxygens (including phenoxy) is 1. The number of carbonyl (C=O) groups excluding carboxylic acids is 1. The number of hydrogen-bond donors (Lipinski definition) is 1. The Labute approximate surface area is 114 Å². The molecule has 1 aromatic carbocycles. The number of benzene rings is 1. The monoisotopic (exact) mass is 263 g/mol. The summed E-state index contributed by atoms with van der Waals surface area (Å²) in [4.78, 5) is 13.9. The fraction of sp³-hybridized carbons (Fsp3) is 0.533. The van der Waals surface area contributed by atoms with Crippen LogP contribution in [0.25, 0.3) is 0 Å². The third-order valence-corrected chi connectivity index (χ3v) is 3.67. The first-order valence-corrected chi connectivity index (χ1v) is 6.70. The van der Waals surface area contributed by atoms with E-state index in [0.29, 0.717) is 25.9 Å². The molecule has 1 aromatic rings. The smallest absolute Gasteiger partial charge is 0.223 e. The van der Waals surface area contributed by atoms with Crippen molar-refractivity contribution in [3.63, 3.8) is 0 Å². The number of likely N-dealkylation sites (tertiary alicyclic amines) is 1. The van der Waals surface area contributed by atoms with Crippen molar-refractivity contribution in [2.75, 3.05) is 20.2 Å². The lowest BCUT2D eigenvalue weighted by Gasteiger charge is -2.20. The minimum atomic E-state index is -0.356. The Kier molecular flexibility index (Phi) is 4.43. The van der Waals surface area contributed by atoms with Crippen LogP contribution in [0.15, 0.2) is 24.3 Å². The Morgan fingerprint density at radius 1 is 1.53 bits per heavy atom. The van der Waals surface area contributed by atoms with Crippen LogP contribution >= 0.6 is 0 Å². The molecule has 0 aliphatic carbocycles. The number of methoxy groups -OCH3 is 1. The first kappa shape index (κ1) is 13.9. The van der Waals surface area contributed by atoms with Gasteiger partial charge in [0.05, 0.1) is 13.2 Å². The van der Waals surface area contributed by atoms with Gasteiger partial charge < -0.3 is 14.7 Å². The highest BCUT2D eigenvalue weighted by Gasteiger charge is 2.26. The second kappa shape index (κ2) is 6.06. The first-order chi connectivity index (χ1) is 9.11. The SMILES string of the molecule is COc1ccccc1C(C)CC(=O)N1CC[C@H](O)C1. The van der Waals surface area contributed by atoms with Gasteiger partial charge in [-0.25, -0.2) is 0 Å². The number of β-amino-alcohol motifs (C(OH)–C–C–N with tert-alkyl or cyclic N) is 1. The summed E-state index contributed by atoms with van der Waals surface area (Å²) in [6.07, 6.45) is 0.785. The Morgan fingerprint density at radius 2 is 2.26 bits per heavy atom. The molecule has 1 saturated heterocycles. The Balaban J connectivity index is 2.00. The van der Waals surface area contributed by atoms with Gasteiger partial charge in [-0.1, -0.05) is 25.1 Å². The molecule has 1 aliphatic rings. The van der Waals surface area contributed by atoms with Crippen molar-refractivity contribution in [2.45, 2.75) is 31.8 Å². The number of nitrogens with zero attached hydrogens (tertiary/aromatic N) is 1. The number of para-hydroxylation sites is 1. The molecule has 1 N–H and O–H groups in total. The minimum absolute atomic E-state index is 0.106. The number of aliphatic hydroxyl groups excluding tert-OH is 1. The topological polar surface area (TPSA) is 49.8 Å². The summed E-state index contributed by atoms with van der Waals surface area (Å²) < 4.78 is 5.33. The zero-order valence-corrected chi connectivity index (χ0v) is 11.5. The van der Waals surface area contributed by atoms with Gasteiger partial charge in [0.2, 0.25) is 5.91 Å². The van der Waals surface area contributed by atoms with Crippen molar-refractivity contribution in [3.05, 3.63) is 29.8 Å². The Morgan fingerprint density at radius 3 is 2.89 bits per heavy atom. The van der Waals surface area contributed by atoms with Gasteiger partial charge in [-0.2, -0.15) is 0 Å². The lowest BCUT2D eigenvalue weighted by Crippen LogP contribution is -2.30. The van der Waals surface area contributed by atoms with Gasteiger partial charge in [-0.15, -0.1) is 0 Å². The maximum Gasteiger partial charge on any atom is 0.223 e. The lowest BCUT2D eigenvalue weighted by molar-refractivity contribution is -0.130. The van der Waals surface area contributed by atoms with Gasteiger partial charge in [0.25, 0.3) is 0 Å². The van der Waals surface area contributed by atoms with Crippen LogP contribution < -0.4 is 4.74 Å². The van der Waals surface area contributed by atoms with Gasteiger partial charge >= 0.3 is 0 Å². The quantitative estimate of drug-likeness (QED) is 0.901. The highest BCUT2D eigenvalue weighted by molar-refractivity contribution is 5.77. The summed E-state index contributed by atoms with van der Waals surface area (Å²) in [5, 5.41) is 9.47. The molecule has 0 spiro atoms. The van der Waals surface area contributed by atoms with E-state index in [1.54, 1.807) is 12.0 Å². The van der Waals surface area contributed by atoms with E-state index in [2.05, 4.69) is 0 Å². The summed E-state index contributed by atoms with van der Waals surface area (Å²) in [7, 11) is 1.64. The predicted molar refractivity (Wildman–Crippen MR) is 73.2 cm³/mol. The van der Waals surface area contributed by atoms with Crippen LogP contribution in [0.3, 0.4) is 0 Å². The highest BCUT2D eigenvalue weighted by Crippen LogP contribution is 2.29. The number of carbonyl (C=O) groups is 1. The van der Waals surface area contributed by atoms with Gasteiger partial charge in [-0.05, 0) is 24.0 Å². The average molecular weight is 263 g/mol. The molecule has 0 bridgehead atoms. The molecule has 0 aromatic heterocycles. The zero-order valence-electron chi connectivity index (χ0n) is 11.5. The van der Waals surface area contributed by atoms with E-state index in [-0.39, 0.29) is 17.9 Å². The van der Waals surface area contributed by atoms with Crippen molar-refractivity contribution < 1.29 is 14.6 Å². The molecule has 4 heteroatoms. The molecule has 2 atom stereocenters. The summed E-state index contributed by atoms with van der Waals surface area (Å²) in [6, 6.07) is 7.79. The lowest BCUT2D eigenvalue weighted by atomic mass is 9.96. The van der Waals surface area contributed by atoms with E-state index in [1.165, 1.54) is 0 Å². The molecule has 0 saturated carbocycles. The second-order valence-corrected chi connectivity index (χ2v) is 5.13. The second-order valence-electron chi connectivity index (χ2n) is 5.13.